The van der Waals surface area contributed by atoms with Gasteiger partial charge in [0.05, 0.1) is 11.1 Å². The van der Waals surface area contributed by atoms with E-state index in [4.69, 9.17) is 25.9 Å². The van der Waals surface area contributed by atoms with Gasteiger partial charge in [-0.15, -0.1) is 0 Å². The van der Waals surface area contributed by atoms with E-state index >= 15 is 0 Å². The first-order valence-corrected chi connectivity index (χ1v) is 7.54. The second kappa shape index (κ2) is 6.62. The first-order chi connectivity index (χ1) is 11.5. The van der Waals surface area contributed by atoms with E-state index in [0.717, 1.165) is 0 Å². The predicted molar refractivity (Wildman–Crippen MR) is 81.6 cm³/mol. The van der Waals surface area contributed by atoms with E-state index in [1.165, 1.54) is 24.3 Å². The first-order valence-electron chi connectivity index (χ1n) is 7.16. The number of carbonyl (C=O) groups is 2. The molecule has 2 atom stereocenters. The number of carboxylic acids is 1. The van der Waals surface area contributed by atoms with Gasteiger partial charge >= 0.3 is 5.97 Å². The number of carbonyl (C=O) groups excluding carboxylic acids is 1. The zero-order valence-corrected chi connectivity index (χ0v) is 13.0. The summed E-state index contributed by atoms with van der Waals surface area (Å²) in [6, 6.07) is 6.43. The summed E-state index contributed by atoms with van der Waals surface area (Å²) < 4.78 is 24.2. The van der Waals surface area contributed by atoms with E-state index in [0.29, 0.717) is 18.6 Å². The Labute approximate surface area is 141 Å². The number of nitrogens with one attached hydrogen (secondary N) is 1. The summed E-state index contributed by atoms with van der Waals surface area (Å²) >= 11 is 5.67. The molecule has 1 fully saturated rings. The third-order valence-corrected chi connectivity index (χ3v) is 4.03. The normalized spacial score (nSPS) is 20.1. The second-order valence-corrected chi connectivity index (χ2v) is 5.71. The van der Waals surface area contributed by atoms with Crippen molar-refractivity contribution < 1.29 is 28.2 Å². The minimum Gasteiger partial charge on any atom is -0.475 e. The fourth-order valence-corrected chi connectivity index (χ4v) is 2.69. The predicted octanol–water partition coefficient (Wildman–Crippen LogP) is 3.03. The Morgan fingerprint density at radius 2 is 2.00 bits per heavy atom. The number of rotatable bonds is 4. The maximum absolute atomic E-state index is 13.6. The number of aromatic carboxylic acids is 1. The zero-order valence-electron chi connectivity index (χ0n) is 12.3. The quantitative estimate of drug-likeness (QED) is 0.882. The smallest absolute Gasteiger partial charge is 0.371 e. The van der Waals surface area contributed by atoms with Gasteiger partial charge in [-0.2, -0.15) is 0 Å². The van der Waals surface area contributed by atoms with Crippen molar-refractivity contribution in [3.63, 3.8) is 0 Å². The average Bonchev–Trinajstić information content (AvgIpc) is 3.19. The second-order valence-electron chi connectivity index (χ2n) is 5.30. The molecule has 0 aliphatic carbocycles. The average molecular weight is 354 g/mol. The number of hydrogen-bond acceptors (Lipinski definition) is 4. The molecule has 6 nitrogen and oxygen atoms in total. The molecule has 126 valence electrons. The summed E-state index contributed by atoms with van der Waals surface area (Å²) in [4.78, 5) is 23.0. The minimum atomic E-state index is -1.26. The molecule has 1 saturated heterocycles. The maximum Gasteiger partial charge on any atom is 0.371 e. The summed E-state index contributed by atoms with van der Waals surface area (Å²) in [5.74, 6) is -2.81. The van der Waals surface area contributed by atoms with Gasteiger partial charge in [0.1, 0.15) is 11.9 Å². The van der Waals surface area contributed by atoms with Crippen molar-refractivity contribution in [1.29, 1.82) is 0 Å². The molecule has 0 radical (unpaired) electrons. The van der Waals surface area contributed by atoms with Crippen LogP contribution in [-0.2, 0) is 4.74 Å². The van der Waals surface area contributed by atoms with Gasteiger partial charge in [0, 0.05) is 6.61 Å². The van der Waals surface area contributed by atoms with Crippen LogP contribution in [0.2, 0.25) is 5.02 Å². The van der Waals surface area contributed by atoms with Crippen LogP contribution in [0.5, 0.6) is 0 Å². The monoisotopic (exact) mass is 353 g/mol. The Hall–Kier alpha value is -2.38. The highest BCUT2D eigenvalue weighted by Gasteiger charge is 2.32. The number of benzene rings is 1. The Balaban J connectivity index is 1.74. The molecule has 2 unspecified atom stereocenters. The highest BCUT2D eigenvalue weighted by molar-refractivity contribution is 6.30. The van der Waals surface area contributed by atoms with Crippen molar-refractivity contribution >= 4 is 23.5 Å². The van der Waals surface area contributed by atoms with E-state index < -0.39 is 29.8 Å². The van der Waals surface area contributed by atoms with Gasteiger partial charge in [-0.3, -0.25) is 4.79 Å². The Bertz CT molecular complexity index is 791. The fraction of sp³-hybridized carbons (Fsp3) is 0.250. The highest BCUT2D eigenvalue weighted by Crippen LogP contribution is 2.31. The summed E-state index contributed by atoms with van der Waals surface area (Å²) in [6.07, 6.45) is 0.0160. The molecule has 8 heteroatoms. The third kappa shape index (κ3) is 3.27. The van der Waals surface area contributed by atoms with Crippen molar-refractivity contribution in [2.45, 2.75) is 18.6 Å². The van der Waals surface area contributed by atoms with Crippen molar-refractivity contribution in [1.82, 2.24) is 5.32 Å². The minimum absolute atomic E-state index is 0.00844. The molecule has 1 amide bonds. The van der Waals surface area contributed by atoms with Crippen LogP contribution in [0.3, 0.4) is 0 Å². The fourth-order valence-electron chi connectivity index (χ4n) is 2.57. The molecule has 0 spiro atoms. The molecule has 0 bridgehead atoms. The number of hydrogen-bond donors (Lipinski definition) is 2. The van der Waals surface area contributed by atoms with Crippen molar-refractivity contribution in [3.05, 3.63) is 58.3 Å². The van der Waals surface area contributed by atoms with Gasteiger partial charge in [0.25, 0.3) is 5.91 Å². The molecule has 3 rings (SSSR count). The number of carboxylic acid groups (broad SMARTS) is 1. The van der Waals surface area contributed by atoms with Crippen molar-refractivity contribution in [2.24, 2.45) is 0 Å². The number of amides is 1. The van der Waals surface area contributed by atoms with Crippen LogP contribution in [0.1, 0.15) is 39.2 Å². The maximum atomic E-state index is 13.6. The molecule has 2 heterocycles. The van der Waals surface area contributed by atoms with Gasteiger partial charge in [0.15, 0.2) is 5.76 Å². The van der Waals surface area contributed by atoms with Crippen LogP contribution < -0.4 is 5.32 Å². The molecule has 1 aliphatic heterocycles. The van der Waals surface area contributed by atoms with Crippen LogP contribution in [0.4, 0.5) is 4.39 Å². The lowest BCUT2D eigenvalue weighted by Gasteiger charge is -2.20. The number of halogens is 2. The lowest BCUT2D eigenvalue weighted by atomic mass is 10.0. The first kappa shape index (κ1) is 16.5. The zero-order chi connectivity index (χ0) is 17.3. The van der Waals surface area contributed by atoms with E-state index in [2.05, 4.69) is 5.32 Å². The van der Waals surface area contributed by atoms with Crippen LogP contribution >= 0.6 is 11.6 Å². The Morgan fingerprint density at radius 3 is 2.67 bits per heavy atom. The summed E-state index contributed by atoms with van der Waals surface area (Å²) in [5.41, 5.74) is 0.561. The van der Waals surface area contributed by atoms with Crippen molar-refractivity contribution in [3.8, 4) is 0 Å². The number of ether oxygens (including phenoxy) is 1. The van der Waals surface area contributed by atoms with Crippen LogP contribution in [0.15, 0.2) is 34.7 Å². The topological polar surface area (TPSA) is 88.8 Å². The van der Waals surface area contributed by atoms with E-state index in [1.54, 1.807) is 6.07 Å². The Morgan fingerprint density at radius 1 is 1.25 bits per heavy atom. The number of furan rings is 1. The lowest BCUT2D eigenvalue weighted by molar-refractivity contribution is 0.0657. The molecule has 24 heavy (non-hydrogen) atoms. The molecule has 2 N–H and O–H groups in total. The molecular weight excluding hydrogens is 341 g/mol. The lowest BCUT2D eigenvalue weighted by Crippen LogP contribution is -2.36. The van der Waals surface area contributed by atoms with Gasteiger partial charge in [-0.05, 0) is 36.2 Å². The van der Waals surface area contributed by atoms with E-state index in [9.17, 15) is 14.0 Å². The summed E-state index contributed by atoms with van der Waals surface area (Å²) in [6.45, 7) is 0.401. The van der Waals surface area contributed by atoms with Gasteiger partial charge < -0.3 is 19.6 Å². The van der Waals surface area contributed by atoms with E-state index in [-0.39, 0.29) is 16.5 Å². The molecule has 1 aromatic carbocycles. The van der Waals surface area contributed by atoms with Crippen LogP contribution in [0.25, 0.3) is 0 Å². The molecule has 0 saturated carbocycles. The van der Waals surface area contributed by atoms with Crippen LogP contribution in [-0.4, -0.2) is 29.6 Å². The standard InChI is InChI=1S/C16H13ClFNO5/c17-9-2-1-8(7-10(9)18)14-11(5-6-23-14)19-15(20)12-3-4-13(24-12)16(21)22/h1-4,7,11,14H,5-6H2,(H,19,20)(H,21,22). The van der Waals surface area contributed by atoms with Gasteiger partial charge in [0.2, 0.25) is 5.76 Å². The van der Waals surface area contributed by atoms with Gasteiger partial charge in [-0.1, -0.05) is 17.7 Å². The largest absolute Gasteiger partial charge is 0.475 e. The van der Waals surface area contributed by atoms with E-state index in [1.807, 2.05) is 0 Å². The highest BCUT2D eigenvalue weighted by atomic mass is 35.5. The third-order valence-electron chi connectivity index (χ3n) is 3.72. The molecule has 2 aromatic rings. The molecule has 1 aliphatic rings. The van der Waals surface area contributed by atoms with Gasteiger partial charge in [-0.25, -0.2) is 9.18 Å². The summed E-state index contributed by atoms with van der Waals surface area (Å²) in [7, 11) is 0. The molecular formula is C16H13ClFNO5. The van der Waals surface area contributed by atoms with Crippen molar-refractivity contribution in [2.75, 3.05) is 6.61 Å². The Kier molecular flexibility index (Phi) is 4.55. The SMILES string of the molecule is O=C(O)c1ccc(C(=O)NC2CCOC2c2ccc(Cl)c(F)c2)o1. The van der Waals surface area contributed by atoms with Crippen LogP contribution in [0, 0.1) is 5.82 Å². The summed E-state index contributed by atoms with van der Waals surface area (Å²) in [5, 5.41) is 11.5. The molecule has 1 aromatic heterocycles.